The summed E-state index contributed by atoms with van der Waals surface area (Å²) in [5, 5.41) is 11.7. The Morgan fingerprint density at radius 2 is 2.07 bits per heavy atom. The van der Waals surface area contributed by atoms with Crippen LogP contribution in [0.25, 0.3) is 0 Å². The molecule has 4 heteroatoms. The normalized spacial score (nSPS) is 15.5. The van der Waals surface area contributed by atoms with Crippen molar-refractivity contribution in [2.75, 3.05) is 0 Å². The lowest BCUT2D eigenvalue weighted by atomic mass is 10.2. The van der Waals surface area contributed by atoms with Crippen LogP contribution >= 0.6 is 0 Å². The first kappa shape index (κ1) is 13.0. The minimum atomic E-state index is -0.681. The van der Waals surface area contributed by atoms with Gasteiger partial charge < -0.3 is 15.2 Å². The SMILES string of the molecule is C=CC(NC(=O)OC(C)(C)C)[C@@H](C)O. The number of hydrogen-bond donors (Lipinski definition) is 2. The van der Waals surface area contributed by atoms with Gasteiger partial charge >= 0.3 is 6.09 Å². The van der Waals surface area contributed by atoms with E-state index in [2.05, 4.69) is 11.9 Å². The third-order valence-corrected chi connectivity index (χ3v) is 1.46. The van der Waals surface area contributed by atoms with Gasteiger partial charge in [0, 0.05) is 0 Å². The Bertz CT molecular complexity index is 206. The Morgan fingerprint density at radius 1 is 1.57 bits per heavy atom. The van der Waals surface area contributed by atoms with Gasteiger partial charge in [-0.25, -0.2) is 4.79 Å². The second kappa shape index (κ2) is 5.00. The number of hydrogen-bond acceptors (Lipinski definition) is 3. The van der Waals surface area contributed by atoms with Crippen molar-refractivity contribution in [3.8, 4) is 0 Å². The van der Waals surface area contributed by atoms with Crippen molar-refractivity contribution in [2.45, 2.75) is 45.4 Å². The Hall–Kier alpha value is -1.03. The average molecular weight is 201 g/mol. The number of nitrogens with one attached hydrogen (secondary N) is 1. The number of rotatable bonds is 3. The van der Waals surface area contributed by atoms with Crippen molar-refractivity contribution in [3.05, 3.63) is 12.7 Å². The lowest BCUT2D eigenvalue weighted by Crippen LogP contribution is -2.43. The van der Waals surface area contributed by atoms with E-state index >= 15 is 0 Å². The average Bonchev–Trinajstić information content (AvgIpc) is 1.96. The number of amides is 1. The molecule has 0 rings (SSSR count). The zero-order valence-electron chi connectivity index (χ0n) is 9.20. The molecule has 0 spiro atoms. The number of aliphatic hydroxyl groups excluding tert-OH is 1. The lowest BCUT2D eigenvalue weighted by Gasteiger charge is -2.23. The molecule has 4 nitrogen and oxygen atoms in total. The highest BCUT2D eigenvalue weighted by Gasteiger charge is 2.19. The smallest absolute Gasteiger partial charge is 0.408 e. The van der Waals surface area contributed by atoms with Crippen LogP contribution in [0.2, 0.25) is 0 Å². The summed E-state index contributed by atoms with van der Waals surface area (Å²) in [6.45, 7) is 10.4. The van der Waals surface area contributed by atoms with E-state index in [0.717, 1.165) is 0 Å². The van der Waals surface area contributed by atoms with Crippen molar-refractivity contribution in [1.82, 2.24) is 5.32 Å². The zero-order valence-corrected chi connectivity index (χ0v) is 9.20. The molecule has 0 aliphatic carbocycles. The van der Waals surface area contributed by atoms with Gasteiger partial charge in [-0.3, -0.25) is 0 Å². The highest BCUT2D eigenvalue weighted by atomic mass is 16.6. The largest absolute Gasteiger partial charge is 0.444 e. The van der Waals surface area contributed by atoms with Crippen LogP contribution in [-0.2, 0) is 4.74 Å². The van der Waals surface area contributed by atoms with Gasteiger partial charge in [0.1, 0.15) is 5.60 Å². The Balaban J connectivity index is 4.11. The maximum atomic E-state index is 11.2. The van der Waals surface area contributed by atoms with Gasteiger partial charge in [0.15, 0.2) is 0 Å². The van der Waals surface area contributed by atoms with Crippen LogP contribution in [0.5, 0.6) is 0 Å². The number of carbonyl (C=O) groups excluding carboxylic acids is 1. The predicted octanol–water partition coefficient (Wildman–Crippen LogP) is 1.45. The standard InChI is InChI=1S/C10H19NO3/c1-6-8(7(2)12)11-9(13)14-10(3,4)5/h6-8,12H,1H2,2-5H3,(H,11,13)/t7-,8?/m1/s1. The fourth-order valence-electron chi connectivity index (χ4n) is 0.820. The third-order valence-electron chi connectivity index (χ3n) is 1.46. The zero-order chi connectivity index (χ0) is 11.4. The summed E-state index contributed by atoms with van der Waals surface area (Å²) in [6, 6.07) is -0.482. The number of alkyl carbamates (subject to hydrolysis) is 1. The minimum absolute atomic E-state index is 0.482. The van der Waals surface area contributed by atoms with Gasteiger partial charge in [0.2, 0.25) is 0 Å². The molecule has 0 radical (unpaired) electrons. The molecule has 0 aromatic carbocycles. The van der Waals surface area contributed by atoms with Crippen LogP contribution < -0.4 is 5.32 Å². The number of carbonyl (C=O) groups is 1. The lowest BCUT2D eigenvalue weighted by molar-refractivity contribution is 0.0465. The topological polar surface area (TPSA) is 58.6 Å². The Kier molecular flexibility index (Phi) is 4.63. The molecule has 0 saturated carbocycles. The molecule has 82 valence electrons. The molecular formula is C10H19NO3. The van der Waals surface area contributed by atoms with E-state index in [4.69, 9.17) is 4.74 Å². The van der Waals surface area contributed by atoms with Gasteiger partial charge in [-0.2, -0.15) is 0 Å². The second-order valence-electron chi connectivity index (χ2n) is 4.15. The van der Waals surface area contributed by atoms with Crippen molar-refractivity contribution in [2.24, 2.45) is 0 Å². The van der Waals surface area contributed by atoms with E-state index in [1.165, 1.54) is 6.08 Å². The van der Waals surface area contributed by atoms with E-state index < -0.39 is 23.8 Å². The summed E-state index contributed by atoms with van der Waals surface area (Å²) in [7, 11) is 0. The maximum absolute atomic E-state index is 11.2. The van der Waals surface area contributed by atoms with Gasteiger partial charge in [0.25, 0.3) is 0 Å². The first-order chi connectivity index (χ1) is 6.26. The molecule has 1 amide bonds. The molecule has 0 fully saturated rings. The van der Waals surface area contributed by atoms with Crippen molar-refractivity contribution < 1.29 is 14.6 Å². The molecule has 0 aromatic heterocycles. The Labute approximate surface area is 85.0 Å². The summed E-state index contributed by atoms with van der Waals surface area (Å²) in [5.74, 6) is 0. The Morgan fingerprint density at radius 3 is 2.36 bits per heavy atom. The fraction of sp³-hybridized carbons (Fsp3) is 0.700. The molecule has 0 aromatic rings. The van der Waals surface area contributed by atoms with Gasteiger partial charge in [-0.05, 0) is 27.7 Å². The second-order valence-corrected chi connectivity index (χ2v) is 4.15. The highest BCUT2D eigenvalue weighted by molar-refractivity contribution is 5.68. The molecule has 0 saturated heterocycles. The van der Waals surface area contributed by atoms with Crippen LogP contribution in [0.1, 0.15) is 27.7 Å². The molecular weight excluding hydrogens is 182 g/mol. The van der Waals surface area contributed by atoms with E-state index in [1.54, 1.807) is 27.7 Å². The van der Waals surface area contributed by atoms with Crippen LogP contribution in [-0.4, -0.2) is 28.9 Å². The first-order valence-electron chi connectivity index (χ1n) is 4.56. The van der Waals surface area contributed by atoms with Crippen molar-refractivity contribution in [3.63, 3.8) is 0 Å². The first-order valence-corrected chi connectivity index (χ1v) is 4.56. The molecule has 1 unspecified atom stereocenters. The molecule has 14 heavy (non-hydrogen) atoms. The van der Waals surface area contributed by atoms with E-state index in [1.807, 2.05) is 0 Å². The third kappa shape index (κ3) is 5.59. The van der Waals surface area contributed by atoms with Crippen LogP contribution in [0.3, 0.4) is 0 Å². The van der Waals surface area contributed by atoms with Crippen molar-refractivity contribution in [1.29, 1.82) is 0 Å². The molecule has 2 N–H and O–H groups in total. The van der Waals surface area contributed by atoms with E-state index in [9.17, 15) is 9.90 Å². The van der Waals surface area contributed by atoms with E-state index in [0.29, 0.717) is 0 Å². The summed E-state index contributed by atoms with van der Waals surface area (Å²) in [4.78, 5) is 11.2. The molecule has 0 heterocycles. The molecule has 0 bridgehead atoms. The molecule has 0 aliphatic rings. The van der Waals surface area contributed by atoms with Crippen molar-refractivity contribution >= 4 is 6.09 Å². The minimum Gasteiger partial charge on any atom is -0.444 e. The van der Waals surface area contributed by atoms with E-state index in [-0.39, 0.29) is 0 Å². The van der Waals surface area contributed by atoms with Gasteiger partial charge in [-0.1, -0.05) is 6.08 Å². The van der Waals surface area contributed by atoms with Crippen LogP contribution in [0.4, 0.5) is 4.79 Å². The van der Waals surface area contributed by atoms with Crippen LogP contribution in [0, 0.1) is 0 Å². The predicted molar refractivity (Wildman–Crippen MR) is 55.0 cm³/mol. The fourth-order valence-corrected chi connectivity index (χ4v) is 0.820. The highest BCUT2D eigenvalue weighted by Crippen LogP contribution is 2.07. The summed E-state index contributed by atoms with van der Waals surface area (Å²) in [5.41, 5.74) is -0.533. The van der Waals surface area contributed by atoms with Gasteiger partial charge in [0.05, 0.1) is 12.1 Å². The number of ether oxygens (including phenoxy) is 1. The monoisotopic (exact) mass is 201 g/mol. The molecule has 0 aliphatic heterocycles. The van der Waals surface area contributed by atoms with Crippen LogP contribution in [0.15, 0.2) is 12.7 Å². The summed E-state index contributed by atoms with van der Waals surface area (Å²) in [6.07, 6.45) is 0.234. The summed E-state index contributed by atoms with van der Waals surface area (Å²) < 4.78 is 5.01. The summed E-state index contributed by atoms with van der Waals surface area (Å²) >= 11 is 0. The maximum Gasteiger partial charge on any atom is 0.408 e. The molecule has 2 atom stereocenters. The van der Waals surface area contributed by atoms with Gasteiger partial charge in [-0.15, -0.1) is 6.58 Å². The quantitative estimate of drug-likeness (QED) is 0.679. The number of aliphatic hydroxyl groups is 1.